The van der Waals surface area contributed by atoms with Crippen LogP contribution >= 0.6 is 0 Å². The molecule has 1 fully saturated rings. The second kappa shape index (κ2) is 7.88. The Hall–Kier alpha value is -3.85. The van der Waals surface area contributed by atoms with Crippen LogP contribution in [0.1, 0.15) is 43.0 Å². The van der Waals surface area contributed by atoms with Gasteiger partial charge in [-0.05, 0) is 61.7 Å². The van der Waals surface area contributed by atoms with Crippen molar-refractivity contribution in [3.8, 4) is 11.5 Å². The maximum absolute atomic E-state index is 14.5. The summed E-state index contributed by atoms with van der Waals surface area (Å²) in [7, 11) is 0. The lowest BCUT2D eigenvalue weighted by Crippen LogP contribution is -2.24. The molecule has 34 heavy (non-hydrogen) atoms. The Balaban J connectivity index is 1.41. The SMILES string of the molecule is CC(O)c1ccc2nc(-c3cnn4ccc(N5CCC[C@@H]5c5cc(F)ccc5F)nc34)oc2c1. The number of aliphatic hydroxyl groups excluding tert-OH is 1. The average molecular weight is 461 g/mol. The lowest BCUT2D eigenvalue weighted by atomic mass is 10.0. The number of anilines is 1. The minimum atomic E-state index is -0.615. The number of benzene rings is 2. The Bertz CT molecular complexity index is 1530. The van der Waals surface area contributed by atoms with Gasteiger partial charge >= 0.3 is 0 Å². The average Bonchev–Trinajstić information content (AvgIpc) is 3.57. The molecule has 7 nitrogen and oxygen atoms in total. The molecule has 0 spiro atoms. The van der Waals surface area contributed by atoms with E-state index < -0.39 is 17.7 Å². The van der Waals surface area contributed by atoms with Crippen LogP contribution in [0.25, 0.3) is 28.2 Å². The fourth-order valence-electron chi connectivity index (χ4n) is 4.62. The van der Waals surface area contributed by atoms with Crippen LogP contribution in [0.15, 0.2) is 59.3 Å². The first-order chi connectivity index (χ1) is 16.5. The third-order valence-corrected chi connectivity index (χ3v) is 6.34. The van der Waals surface area contributed by atoms with E-state index in [-0.39, 0.29) is 6.04 Å². The molecule has 6 rings (SSSR count). The van der Waals surface area contributed by atoms with E-state index in [0.29, 0.717) is 52.5 Å². The number of oxazole rings is 1. The molecule has 5 aromatic rings. The Morgan fingerprint density at radius 3 is 2.85 bits per heavy atom. The summed E-state index contributed by atoms with van der Waals surface area (Å²) < 4.78 is 36.0. The predicted molar refractivity (Wildman–Crippen MR) is 122 cm³/mol. The molecule has 0 saturated carbocycles. The summed E-state index contributed by atoms with van der Waals surface area (Å²) in [4.78, 5) is 11.4. The molecule has 1 saturated heterocycles. The van der Waals surface area contributed by atoms with E-state index >= 15 is 0 Å². The molecule has 1 aliphatic rings. The van der Waals surface area contributed by atoms with Gasteiger partial charge in [0, 0.05) is 18.3 Å². The number of aromatic nitrogens is 4. The summed E-state index contributed by atoms with van der Waals surface area (Å²) in [6, 6.07) is 10.5. The maximum Gasteiger partial charge on any atom is 0.232 e. The van der Waals surface area contributed by atoms with Gasteiger partial charge in [-0.25, -0.2) is 23.3 Å². The number of aliphatic hydroxyl groups is 1. The van der Waals surface area contributed by atoms with Crippen molar-refractivity contribution in [3.05, 3.63) is 77.6 Å². The number of halogens is 2. The lowest BCUT2D eigenvalue weighted by molar-refractivity contribution is 0.199. The fraction of sp³-hybridized carbons (Fsp3) is 0.240. The molecular formula is C25H21F2N5O2. The van der Waals surface area contributed by atoms with Gasteiger partial charge in [0.05, 0.1) is 18.3 Å². The Labute approximate surface area is 193 Å². The van der Waals surface area contributed by atoms with Crippen LogP contribution in [0.4, 0.5) is 14.6 Å². The Morgan fingerprint density at radius 2 is 2.00 bits per heavy atom. The normalized spacial score (nSPS) is 17.2. The zero-order valence-electron chi connectivity index (χ0n) is 18.3. The van der Waals surface area contributed by atoms with Gasteiger partial charge in [0.25, 0.3) is 0 Å². The first-order valence-electron chi connectivity index (χ1n) is 11.1. The minimum Gasteiger partial charge on any atom is -0.436 e. The molecule has 1 aliphatic heterocycles. The number of rotatable bonds is 4. The highest BCUT2D eigenvalue weighted by Gasteiger charge is 2.30. The molecule has 0 aliphatic carbocycles. The summed E-state index contributed by atoms with van der Waals surface area (Å²) in [6.07, 6.45) is 4.36. The third-order valence-electron chi connectivity index (χ3n) is 6.34. The summed E-state index contributed by atoms with van der Waals surface area (Å²) >= 11 is 0. The van der Waals surface area contributed by atoms with Crippen molar-refractivity contribution in [2.45, 2.75) is 31.9 Å². The van der Waals surface area contributed by atoms with E-state index in [1.165, 1.54) is 12.1 Å². The number of nitrogens with zero attached hydrogens (tertiary/aromatic N) is 5. The van der Waals surface area contributed by atoms with Crippen molar-refractivity contribution in [2.75, 3.05) is 11.4 Å². The van der Waals surface area contributed by atoms with Crippen molar-refractivity contribution in [3.63, 3.8) is 0 Å². The lowest BCUT2D eigenvalue weighted by Gasteiger charge is -2.26. The van der Waals surface area contributed by atoms with Crippen LogP contribution in [0, 0.1) is 11.6 Å². The smallest absolute Gasteiger partial charge is 0.232 e. The van der Waals surface area contributed by atoms with E-state index in [1.54, 1.807) is 36.0 Å². The standard InChI is InChI=1S/C25H21F2N5O2/c1-14(33)15-4-7-20-22(11-15)34-25(29-20)18-13-28-32-10-8-23(30-24(18)32)31-9-2-3-21(31)17-12-16(26)5-6-19(17)27/h4-8,10-14,21,33H,2-3,9H2,1H3/t14?,21-/m1/s1. The highest BCUT2D eigenvalue weighted by atomic mass is 19.1. The number of hydrogen-bond donors (Lipinski definition) is 1. The van der Waals surface area contributed by atoms with Gasteiger partial charge in [-0.1, -0.05) is 6.07 Å². The summed E-state index contributed by atoms with van der Waals surface area (Å²) in [5.41, 5.74) is 3.46. The fourth-order valence-corrected chi connectivity index (χ4v) is 4.62. The van der Waals surface area contributed by atoms with E-state index in [2.05, 4.69) is 10.1 Å². The van der Waals surface area contributed by atoms with Gasteiger partial charge < -0.3 is 14.4 Å². The van der Waals surface area contributed by atoms with Crippen molar-refractivity contribution >= 4 is 22.6 Å². The molecule has 1 unspecified atom stereocenters. The van der Waals surface area contributed by atoms with E-state index in [1.807, 2.05) is 17.0 Å². The molecular weight excluding hydrogens is 440 g/mol. The van der Waals surface area contributed by atoms with Gasteiger partial charge in [0.1, 0.15) is 28.5 Å². The van der Waals surface area contributed by atoms with Crippen LogP contribution in [0.2, 0.25) is 0 Å². The number of fused-ring (bicyclic) bond motifs is 2. The first kappa shape index (κ1) is 20.7. The van der Waals surface area contributed by atoms with Crippen molar-refractivity contribution in [1.29, 1.82) is 0 Å². The van der Waals surface area contributed by atoms with Crippen LogP contribution in [0.3, 0.4) is 0 Å². The molecule has 172 valence electrons. The van der Waals surface area contributed by atoms with Crippen LogP contribution in [-0.4, -0.2) is 31.2 Å². The van der Waals surface area contributed by atoms with Gasteiger partial charge in [0.15, 0.2) is 11.2 Å². The van der Waals surface area contributed by atoms with Crippen molar-refractivity contribution in [1.82, 2.24) is 19.6 Å². The predicted octanol–water partition coefficient (Wildman–Crippen LogP) is 5.21. The van der Waals surface area contributed by atoms with Gasteiger partial charge in [-0.3, -0.25) is 0 Å². The third kappa shape index (κ3) is 3.40. The topological polar surface area (TPSA) is 79.7 Å². The summed E-state index contributed by atoms with van der Waals surface area (Å²) in [6.45, 7) is 2.37. The summed E-state index contributed by atoms with van der Waals surface area (Å²) in [5.74, 6) is 0.131. The van der Waals surface area contributed by atoms with Crippen molar-refractivity contribution < 1.29 is 18.3 Å². The summed E-state index contributed by atoms with van der Waals surface area (Å²) in [5, 5.41) is 14.2. The molecule has 0 radical (unpaired) electrons. The molecule has 2 aromatic carbocycles. The highest BCUT2D eigenvalue weighted by Crippen LogP contribution is 2.37. The highest BCUT2D eigenvalue weighted by molar-refractivity contribution is 5.80. The zero-order valence-corrected chi connectivity index (χ0v) is 18.3. The molecule has 1 N–H and O–H groups in total. The second-order valence-corrected chi connectivity index (χ2v) is 8.55. The molecule has 2 atom stereocenters. The molecule has 9 heteroatoms. The second-order valence-electron chi connectivity index (χ2n) is 8.55. The Kier molecular flexibility index (Phi) is 4.80. The molecule has 4 heterocycles. The molecule has 0 amide bonds. The number of hydrogen-bond acceptors (Lipinski definition) is 6. The minimum absolute atomic E-state index is 0.305. The zero-order chi connectivity index (χ0) is 23.4. The largest absolute Gasteiger partial charge is 0.436 e. The Morgan fingerprint density at radius 1 is 1.12 bits per heavy atom. The molecule has 0 bridgehead atoms. The maximum atomic E-state index is 14.5. The van der Waals surface area contributed by atoms with Gasteiger partial charge in [0.2, 0.25) is 5.89 Å². The van der Waals surface area contributed by atoms with Gasteiger partial charge in [-0.15, -0.1) is 0 Å². The quantitative estimate of drug-likeness (QED) is 0.396. The monoisotopic (exact) mass is 461 g/mol. The van der Waals surface area contributed by atoms with E-state index in [4.69, 9.17) is 9.40 Å². The molecule has 3 aromatic heterocycles. The van der Waals surface area contributed by atoms with Crippen LogP contribution in [-0.2, 0) is 0 Å². The van der Waals surface area contributed by atoms with E-state index in [0.717, 1.165) is 18.1 Å². The van der Waals surface area contributed by atoms with Gasteiger partial charge in [-0.2, -0.15) is 5.10 Å². The van der Waals surface area contributed by atoms with Crippen molar-refractivity contribution in [2.24, 2.45) is 0 Å². The van der Waals surface area contributed by atoms with Crippen LogP contribution in [0.5, 0.6) is 0 Å². The van der Waals surface area contributed by atoms with Crippen LogP contribution < -0.4 is 4.90 Å². The first-order valence-corrected chi connectivity index (χ1v) is 11.1. The van der Waals surface area contributed by atoms with E-state index in [9.17, 15) is 13.9 Å².